The molecule has 0 aromatic rings. The van der Waals surface area contributed by atoms with Gasteiger partial charge in [-0.15, -0.1) is 0 Å². The molecule has 0 spiro atoms. The van der Waals surface area contributed by atoms with Gasteiger partial charge in [0.15, 0.2) is 0 Å². The number of esters is 1. The Morgan fingerprint density at radius 2 is 1.58 bits per heavy atom. The predicted octanol–water partition coefficient (Wildman–Crippen LogP) is 1.03. The maximum atomic E-state index is 10.7. The molecule has 0 aromatic carbocycles. The van der Waals surface area contributed by atoms with Crippen molar-refractivity contribution < 1.29 is 32.4 Å². The fourth-order valence-electron chi connectivity index (χ4n) is 0.529. The van der Waals surface area contributed by atoms with Gasteiger partial charge in [-0.1, -0.05) is 13.2 Å². The number of carbonyl (C=O) groups is 2. The number of carboxylic acid groups (broad SMARTS) is 1. The van der Waals surface area contributed by atoms with Gasteiger partial charge in [-0.05, 0) is 20.3 Å². The minimum Gasteiger partial charge on any atom is -0.478 e. The highest BCUT2D eigenvalue weighted by Gasteiger charge is 2.06. The Balaban J connectivity index is 0. The average Bonchev–Trinajstić information content (AvgIpc) is 2.23. The Labute approximate surface area is 112 Å². The van der Waals surface area contributed by atoms with Crippen LogP contribution in [0.15, 0.2) is 24.3 Å². The highest BCUT2D eigenvalue weighted by atomic mass is 32.2. The van der Waals surface area contributed by atoms with Gasteiger partial charge >= 0.3 is 11.9 Å². The normalized spacial score (nSPS) is 9.84. The third-order valence-corrected chi connectivity index (χ3v) is 2.30. The molecule has 0 atom stereocenters. The lowest BCUT2D eigenvalue weighted by molar-refractivity contribution is -0.139. The largest absolute Gasteiger partial charge is 0.478 e. The number of aliphatic carboxylic acids is 1. The topological polar surface area (TPSA) is 118 Å². The number of ether oxygens (including phenoxy) is 1. The summed E-state index contributed by atoms with van der Waals surface area (Å²) >= 11 is 0. The fraction of sp³-hybridized carbons (Fsp3) is 0.455. The van der Waals surface area contributed by atoms with Gasteiger partial charge < -0.3 is 9.84 Å². The van der Waals surface area contributed by atoms with Crippen molar-refractivity contribution in [3.05, 3.63) is 24.3 Å². The van der Waals surface area contributed by atoms with Crippen LogP contribution in [0.3, 0.4) is 0 Å². The van der Waals surface area contributed by atoms with E-state index >= 15 is 0 Å². The number of rotatable bonds is 6. The van der Waals surface area contributed by atoms with Crippen molar-refractivity contribution in [2.45, 2.75) is 20.3 Å². The Morgan fingerprint density at radius 3 is 1.84 bits per heavy atom. The Morgan fingerprint density at radius 1 is 1.16 bits per heavy atom. The Kier molecular flexibility index (Phi) is 9.61. The molecule has 7 nitrogen and oxygen atoms in total. The van der Waals surface area contributed by atoms with E-state index in [1.165, 1.54) is 13.8 Å². The molecule has 0 aromatic heterocycles. The summed E-state index contributed by atoms with van der Waals surface area (Å²) in [4.78, 5) is 20.3. The van der Waals surface area contributed by atoms with Gasteiger partial charge in [-0.25, -0.2) is 9.59 Å². The maximum absolute atomic E-state index is 10.7. The van der Waals surface area contributed by atoms with Gasteiger partial charge in [0.25, 0.3) is 10.1 Å². The van der Waals surface area contributed by atoms with Crippen LogP contribution in [-0.2, 0) is 24.4 Å². The summed E-state index contributed by atoms with van der Waals surface area (Å²) in [5.74, 6) is -1.90. The number of hydrogen-bond donors (Lipinski definition) is 2. The third-order valence-electron chi connectivity index (χ3n) is 1.49. The molecule has 0 amide bonds. The van der Waals surface area contributed by atoms with E-state index in [4.69, 9.17) is 9.66 Å². The first-order valence-corrected chi connectivity index (χ1v) is 6.75. The molecule has 0 aliphatic rings. The van der Waals surface area contributed by atoms with Gasteiger partial charge in [0.05, 0.1) is 12.4 Å². The second-order valence-electron chi connectivity index (χ2n) is 3.64. The van der Waals surface area contributed by atoms with Gasteiger partial charge in [0, 0.05) is 11.1 Å². The summed E-state index contributed by atoms with van der Waals surface area (Å²) in [5.41, 5.74) is 0.432. The van der Waals surface area contributed by atoms with Crippen LogP contribution in [-0.4, -0.2) is 42.4 Å². The van der Waals surface area contributed by atoms with E-state index in [0.717, 1.165) is 0 Å². The first-order chi connectivity index (χ1) is 8.47. The number of hydrogen-bond acceptors (Lipinski definition) is 5. The first-order valence-electron chi connectivity index (χ1n) is 5.14. The monoisotopic (exact) mass is 294 g/mol. The van der Waals surface area contributed by atoms with Crippen molar-refractivity contribution in [1.82, 2.24) is 0 Å². The van der Waals surface area contributed by atoms with Crippen LogP contribution >= 0.6 is 0 Å². The summed E-state index contributed by atoms with van der Waals surface area (Å²) < 4.78 is 33.3. The smallest absolute Gasteiger partial charge is 0.333 e. The lowest BCUT2D eigenvalue weighted by Gasteiger charge is -2.02. The zero-order valence-corrected chi connectivity index (χ0v) is 11.7. The van der Waals surface area contributed by atoms with Crippen molar-refractivity contribution in [3.63, 3.8) is 0 Å². The highest BCUT2D eigenvalue weighted by Crippen LogP contribution is 1.95. The van der Waals surface area contributed by atoms with E-state index in [0.29, 0.717) is 0 Å². The molecule has 110 valence electrons. The van der Waals surface area contributed by atoms with Crippen molar-refractivity contribution >= 4 is 22.1 Å². The SMILES string of the molecule is C=C(C)C(=O)O.C=C(C)C(=O)OCCCS(=O)(=O)O. The van der Waals surface area contributed by atoms with E-state index in [9.17, 15) is 18.0 Å². The molecule has 19 heavy (non-hydrogen) atoms. The molecular formula is C11H18O7S. The molecule has 0 heterocycles. The zero-order valence-electron chi connectivity index (χ0n) is 10.9. The third kappa shape index (κ3) is 16.3. The number of carboxylic acids is 1. The Hall–Kier alpha value is -1.67. The molecule has 8 heteroatoms. The van der Waals surface area contributed by atoms with Crippen LogP contribution in [0, 0.1) is 0 Å². The molecule has 0 fully saturated rings. The molecule has 0 aliphatic heterocycles. The first kappa shape index (κ1) is 19.7. The molecule has 0 radical (unpaired) electrons. The number of carbonyl (C=O) groups excluding carboxylic acids is 1. The molecule has 0 unspecified atom stereocenters. The van der Waals surface area contributed by atoms with Crippen LogP contribution in [0.25, 0.3) is 0 Å². The van der Waals surface area contributed by atoms with Crippen LogP contribution in [0.4, 0.5) is 0 Å². The lowest BCUT2D eigenvalue weighted by Crippen LogP contribution is -2.11. The van der Waals surface area contributed by atoms with Crippen molar-refractivity contribution in [2.75, 3.05) is 12.4 Å². The van der Waals surface area contributed by atoms with Crippen LogP contribution in [0.1, 0.15) is 20.3 Å². The second-order valence-corrected chi connectivity index (χ2v) is 5.21. The lowest BCUT2D eigenvalue weighted by atomic mass is 10.4. The molecular weight excluding hydrogens is 276 g/mol. The quantitative estimate of drug-likeness (QED) is 0.325. The van der Waals surface area contributed by atoms with E-state index in [1.807, 2.05) is 0 Å². The fourth-order valence-corrected chi connectivity index (χ4v) is 1.01. The van der Waals surface area contributed by atoms with E-state index in [-0.39, 0.29) is 24.2 Å². The maximum Gasteiger partial charge on any atom is 0.333 e. The van der Waals surface area contributed by atoms with Crippen LogP contribution < -0.4 is 0 Å². The molecule has 0 saturated heterocycles. The molecule has 0 bridgehead atoms. The van der Waals surface area contributed by atoms with Crippen molar-refractivity contribution in [1.29, 1.82) is 0 Å². The van der Waals surface area contributed by atoms with Gasteiger partial charge in [0.2, 0.25) is 0 Å². The summed E-state index contributed by atoms with van der Waals surface area (Å²) in [5, 5.41) is 7.89. The summed E-state index contributed by atoms with van der Waals surface area (Å²) in [6.07, 6.45) is 0.0812. The van der Waals surface area contributed by atoms with Crippen molar-refractivity contribution in [3.8, 4) is 0 Å². The zero-order chi connectivity index (χ0) is 15.6. The van der Waals surface area contributed by atoms with E-state index in [1.54, 1.807) is 0 Å². The van der Waals surface area contributed by atoms with Gasteiger partial charge in [0.1, 0.15) is 0 Å². The molecule has 0 saturated carbocycles. The second kappa shape index (κ2) is 9.29. The summed E-state index contributed by atoms with van der Waals surface area (Å²) in [7, 11) is -3.96. The highest BCUT2D eigenvalue weighted by molar-refractivity contribution is 7.85. The molecule has 0 aliphatic carbocycles. The summed E-state index contributed by atoms with van der Waals surface area (Å²) in [6.45, 7) is 9.40. The molecule has 2 N–H and O–H groups in total. The minimum absolute atomic E-state index is 0.0362. The standard InChI is InChI=1S/C7H12O5S.C4H6O2/c1-6(2)7(8)12-4-3-5-13(9,10)11;1-3(2)4(5)6/h1,3-5H2,2H3,(H,9,10,11);1H2,2H3,(H,5,6). The van der Waals surface area contributed by atoms with E-state index < -0.39 is 27.8 Å². The predicted molar refractivity (Wildman–Crippen MR) is 69.3 cm³/mol. The van der Waals surface area contributed by atoms with Gasteiger partial charge in [-0.2, -0.15) is 8.42 Å². The summed E-state index contributed by atoms with van der Waals surface area (Å²) in [6, 6.07) is 0. The van der Waals surface area contributed by atoms with Gasteiger partial charge in [-0.3, -0.25) is 4.55 Å². The van der Waals surface area contributed by atoms with Crippen LogP contribution in [0.2, 0.25) is 0 Å². The average molecular weight is 294 g/mol. The minimum atomic E-state index is -3.96. The molecule has 0 rings (SSSR count). The van der Waals surface area contributed by atoms with Crippen molar-refractivity contribution in [2.24, 2.45) is 0 Å². The van der Waals surface area contributed by atoms with E-state index in [2.05, 4.69) is 17.9 Å². The van der Waals surface area contributed by atoms with Crippen LogP contribution in [0.5, 0.6) is 0 Å². The Bertz CT molecular complexity index is 436.